The summed E-state index contributed by atoms with van der Waals surface area (Å²) in [7, 11) is 4.10. The van der Waals surface area contributed by atoms with E-state index in [9.17, 15) is 4.79 Å². The highest BCUT2D eigenvalue weighted by Crippen LogP contribution is 2.07. The minimum absolute atomic E-state index is 0.0561. The van der Waals surface area contributed by atoms with Crippen molar-refractivity contribution in [3.63, 3.8) is 0 Å². The SMILES string of the molecule is CC(C)CC(CNC(=O)CBr)N(C)C. The van der Waals surface area contributed by atoms with Gasteiger partial charge in [-0.15, -0.1) is 0 Å². The van der Waals surface area contributed by atoms with Crippen LogP contribution in [-0.2, 0) is 4.79 Å². The lowest BCUT2D eigenvalue weighted by atomic mass is 10.0. The van der Waals surface area contributed by atoms with Crippen molar-refractivity contribution in [2.75, 3.05) is 26.0 Å². The highest BCUT2D eigenvalue weighted by molar-refractivity contribution is 9.09. The molecule has 1 atom stereocenters. The topological polar surface area (TPSA) is 32.3 Å². The maximum Gasteiger partial charge on any atom is 0.230 e. The molecule has 0 heterocycles. The van der Waals surface area contributed by atoms with Crippen molar-refractivity contribution < 1.29 is 4.79 Å². The summed E-state index contributed by atoms with van der Waals surface area (Å²) in [5, 5.41) is 3.28. The smallest absolute Gasteiger partial charge is 0.230 e. The van der Waals surface area contributed by atoms with Crippen LogP contribution in [0.25, 0.3) is 0 Å². The molecule has 4 heteroatoms. The number of alkyl halides is 1. The quantitative estimate of drug-likeness (QED) is 0.738. The minimum atomic E-state index is 0.0561. The molecule has 14 heavy (non-hydrogen) atoms. The van der Waals surface area contributed by atoms with Crippen molar-refractivity contribution in [2.24, 2.45) is 5.92 Å². The molecule has 0 saturated heterocycles. The van der Waals surface area contributed by atoms with E-state index in [1.165, 1.54) is 0 Å². The van der Waals surface area contributed by atoms with Gasteiger partial charge in [-0.05, 0) is 26.4 Å². The molecule has 84 valence electrons. The summed E-state index contributed by atoms with van der Waals surface area (Å²) in [5.74, 6) is 0.712. The van der Waals surface area contributed by atoms with E-state index in [1.54, 1.807) is 0 Å². The Hall–Kier alpha value is -0.0900. The molecule has 0 aromatic rings. The van der Waals surface area contributed by atoms with Gasteiger partial charge in [-0.1, -0.05) is 29.8 Å². The van der Waals surface area contributed by atoms with Crippen molar-refractivity contribution in [3.8, 4) is 0 Å². The van der Waals surface area contributed by atoms with Gasteiger partial charge in [0, 0.05) is 12.6 Å². The van der Waals surface area contributed by atoms with Crippen molar-refractivity contribution in [1.82, 2.24) is 10.2 Å². The van der Waals surface area contributed by atoms with Crippen molar-refractivity contribution in [3.05, 3.63) is 0 Å². The number of halogens is 1. The third-order valence-electron chi connectivity index (χ3n) is 2.13. The zero-order valence-corrected chi connectivity index (χ0v) is 11.1. The third-order valence-corrected chi connectivity index (χ3v) is 2.64. The Labute approximate surface area is 95.4 Å². The molecule has 3 nitrogen and oxygen atoms in total. The zero-order chi connectivity index (χ0) is 11.1. The van der Waals surface area contributed by atoms with E-state index in [0.717, 1.165) is 13.0 Å². The molecule has 0 bridgehead atoms. The lowest BCUT2D eigenvalue weighted by Crippen LogP contribution is -2.41. The number of rotatable bonds is 6. The molecule has 0 aliphatic rings. The summed E-state index contributed by atoms with van der Waals surface area (Å²) >= 11 is 3.13. The van der Waals surface area contributed by atoms with Crippen LogP contribution in [0, 0.1) is 5.92 Å². The van der Waals surface area contributed by atoms with Crippen LogP contribution in [0.5, 0.6) is 0 Å². The first-order valence-corrected chi connectivity index (χ1v) is 6.08. The van der Waals surface area contributed by atoms with Gasteiger partial charge >= 0.3 is 0 Å². The standard InChI is InChI=1S/C10H21BrN2O/c1-8(2)5-9(13(3)4)7-12-10(14)6-11/h8-9H,5-7H2,1-4H3,(H,12,14). The molecule has 0 aromatic heterocycles. The predicted octanol–water partition coefficient (Wildman–Crippen LogP) is 1.47. The van der Waals surface area contributed by atoms with E-state index in [-0.39, 0.29) is 5.91 Å². The van der Waals surface area contributed by atoms with Gasteiger partial charge in [-0.2, -0.15) is 0 Å². The van der Waals surface area contributed by atoms with Gasteiger partial charge in [0.15, 0.2) is 0 Å². The molecule has 0 fully saturated rings. The number of carbonyl (C=O) groups excluding carboxylic acids is 1. The monoisotopic (exact) mass is 264 g/mol. The van der Waals surface area contributed by atoms with Gasteiger partial charge in [0.1, 0.15) is 0 Å². The summed E-state index contributed by atoms with van der Waals surface area (Å²) in [4.78, 5) is 13.2. The van der Waals surface area contributed by atoms with E-state index < -0.39 is 0 Å². The molecule has 0 spiro atoms. The average molecular weight is 265 g/mol. The van der Waals surface area contributed by atoms with Crippen LogP contribution in [0.1, 0.15) is 20.3 Å². The van der Waals surface area contributed by atoms with E-state index >= 15 is 0 Å². The van der Waals surface area contributed by atoms with Gasteiger partial charge in [0.2, 0.25) is 5.91 Å². The number of hydrogen-bond acceptors (Lipinski definition) is 2. The summed E-state index contributed by atoms with van der Waals surface area (Å²) < 4.78 is 0. The van der Waals surface area contributed by atoms with Gasteiger partial charge < -0.3 is 10.2 Å². The van der Waals surface area contributed by atoms with Crippen LogP contribution < -0.4 is 5.32 Å². The molecular weight excluding hydrogens is 244 g/mol. The maximum absolute atomic E-state index is 11.0. The normalized spacial score (nSPS) is 13.4. The van der Waals surface area contributed by atoms with Gasteiger partial charge in [-0.3, -0.25) is 4.79 Å². The van der Waals surface area contributed by atoms with E-state index in [2.05, 4.69) is 40.0 Å². The van der Waals surface area contributed by atoms with E-state index in [1.807, 2.05) is 14.1 Å². The van der Waals surface area contributed by atoms with Crippen molar-refractivity contribution in [2.45, 2.75) is 26.3 Å². The minimum Gasteiger partial charge on any atom is -0.354 e. The molecule has 0 aromatic carbocycles. The van der Waals surface area contributed by atoms with Crippen LogP contribution in [-0.4, -0.2) is 42.8 Å². The summed E-state index contributed by atoms with van der Waals surface area (Å²) in [5.41, 5.74) is 0. The van der Waals surface area contributed by atoms with Crippen molar-refractivity contribution >= 4 is 21.8 Å². The van der Waals surface area contributed by atoms with E-state index in [0.29, 0.717) is 17.3 Å². The number of nitrogens with zero attached hydrogens (tertiary/aromatic N) is 1. The Kier molecular flexibility index (Phi) is 7.19. The maximum atomic E-state index is 11.0. The first-order chi connectivity index (χ1) is 6.47. The Bertz CT molecular complexity index is 172. The third kappa shape index (κ3) is 6.38. The lowest BCUT2D eigenvalue weighted by molar-refractivity contribution is -0.118. The second-order valence-electron chi connectivity index (χ2n) is 4.18. The Morgan fingerprint density at radius 1 is 1.43 bits per heavy atom. The summed E-state index contributed by atoms with van der Waals surface area (Å²) in [6.45, 7) is 5.13. The fourth-order valence-corrected chi connectivity index (χ4v) is 1.50. The van der Waals surface area contributed by atoms with Crippen LogP contribution in [0.3, 0.4) is 0 Å². The van der Waals surface area contributed by atoms with Gasteiger partial charge in [0.05, 0.1) is 5.33 Å². The van der Waals surface area contributed by atoms with Gasteiger partial charge in [-0.25, -0.2) is 0 Å². The summed E-state index contributed by atoms with van der Waals surface area (Å²) in [6, 6.07) is 0.429. The Balaban J connectivity index is 3.91. The van der Waals surface area contributed by atoms with Crippen molar-refractivity contribution in [1.29, 1.82) is 0 Å². The largest absolute Gasteiger partial charge is 0.354 e. The zero-order valence-electron chi connectivity index (χ0n) is 9.51. The van der Waals surface area contributed by atoms with Crippen LogP contribution >= 0.6 is 15.9 Å². The fraction of sp³-hybridized carbons (Fsp3) is 0.900. The highest BCUT2D eigenvalue weighted by Gasteiger charge is 2.13. The molecule has 0 aliphatic carbocycles. The molecule has 1 unspecified atom stereocenters. The second-order valence-corrected chi connectivity index (χ2v) is 4.75. The number of likely N-dealkylation sites (N-methyl/N-ethyl adjacent to an activating group) is 1. The highest BCUT2D eigenvalue weighted by atomic mass is 79.9. The molecular formula is C10H21BrN2O. The molecule has 0 aliphatic heterocycles. The Morgan fingerprint density at radius 3 is 2.36 bits per heavy atom. The van der Waals surface area contributed by atoms with Crippen LogP contribution in [0.2, 0.25) is 0 Å². The first-order valence-electron chi connectivity index (χ1n) is 4.96. The molecule has 1 N–H and O–H groups in total. The Morgan fingerprint density at radius 2 is 2.00 bits per heavy atom. The molecule has 0 radical (unpaired) electrons. The predicted molar refractivity (Wildman–Crippen MR) is 63.7 cm³/mol. The lowest BCUT2D eigenvalue weighted by Gasteiger charge is -2.26. The second kappa shape index (κ2) is 7.23. The average Bonchev–Trinajstić information content (AvgIpc) is 2.10. The first kappa shape index (κ1) is 13.9. The molecule has 0 rings (SSSR count). The number of amides is 1. The van der Waals surface area contributed by atoms with Crippen LogP contribution in [0.4, 0.5) is 0 Å². The number of carbonyl (C=O) groups is 1. The molecule has 0 saturated carbocycles. The fourth-order valence-electron chi connectivity index (χ4n) is 1.30. The van der Waals surface area contributed by atoms with Gasteiger partial charge in [0.25, 0.3) is 0 Å². The summed E-state index contributed by atoms with van der Waals surface area (Å²) in [6.07, 6.45) is 1.11. The number of hydrogen-bond donors (Lipinski definition) is 1. The number of nitrogens with one attached hydrogen (secondary N) is 1. The molecule has 1 amide bonds. The van der Waals surface area contributed by atoms with Crippen LogP contribution in [0.15, 0.2) is 0 Å². The van der Waals surface area contributed by atoms with E-state index in [4.69, 9.17) is 0 Å².